The lowest BCUT2D eigenvalue weighted by Gasteiger charge is -2.05. The molecule has 0 saturated carbocycles. The van der Waals surface area contributed by atoms with Crippen molar-refractivity contribution in [3.8, 4) is 11.3 Å². The van der Waals surface area contributed by atoms with E-state index < -0.39 is 0 Å². The van der Waals surface area contributed by atoms with Crippen LogP contribution in [0.5, 0.6) is 0 Å². The molecule has 0 aliphatic heterocycles. The molecule has 0 atom stereocenters. The van der Waals surface area contributed by atoms with Gasteiger partial charge < -0.3 is 0 Å². The first-order valence-electron chi connectivity index (χ1n) is 9.73. The molecule has 29 heavy (non-hydrogen) atoms. The molecule has 2 aromatic carbocycles. The Morgan fingerprint density at radius 3 is 2.55 bits per heavy atom. The zero-order valence-electron chi connectivity index (χ0n) is 17.0. The van der Waals surface area contributed by atoms with Crippen LogP contribution in [0.4, 0.5) is 0 Å². The summed E-state index contributed by atoms with van der Waals surface area (Å²) in [5, 5.41) is 11.1. The molecule has 0 spiro atoms. The van der Waals surface area contributed by atoms with Gasteiger partial charge in [-0.05, 0) is 42.0 Å². The Balaban J connectivity index is 1.60. The molecule has 1 aromatic heterocycles. The Kier molecular flexibility index (Phi) is 6.74. The fourth-order valence-electron chi connectivity index (χ4n) is 2.97. The average Bonchev–Trinajstić information content (AvgIpc) is 3.19. The molecule has 1 amide bonds. The van der Waals surface area contributed by atoms with Crippen molar-refractivity contribution in [3.05, 3.63) is 83.1 Å². The van der Waals surface area contributed by atoms with Crippen molar-refractivity contribution >= 4 is 18.2 Å². The molecule has 3 aromatic rings. The van der Waals surface area contributed by atoms with Gasteiger partial charge in [0.15, 0.2) is 0 Å². The molecule has 3 rings (SSSR count). The lowest BCUT2D eigenvalue weighted by molar-refractivity contribution is 0.0950. The second kappa shape index (κ2) is 9.64. The molecule has 0 saturated heterocycles. The largest absolute Gasteiger partial charge is 0.289 e. The summed E-state index contributed by atoms with van der Waals surface area (Å²) in [6.07, 6.45) is 4.66. The Labute approximate surface area is 171 Å². The second-order valence-electron chi connectivity index (χ2n) is 7.46. The van der Waals surface area contributed by atoms with Gasteiger partial charge in [0.25, 0.3) is 5.91 Å². The van der Waals surface area contributed by atoms with E-state index in [1.807, 2.05) is 55.5 Å². The van der Waals surface area contributed by atoms with Crippen LogP contribution in [0.25, 0.3) is 17.3 Å². The number of hydrogen-bond acceptors (Lipinski definition) is 3. The number of nitrogens with one attached hydrogen (secondary N) is 2. The maximum Gasteiger partial charge on any atom is 0.289 e. The van der Waals surface area contributed by atoms with Crippen molar-refractivity contribution in [2.75, 3.05) is 0 Å². The van der Waals surface area contributed by atoms with Crippen LogP contribution in [0, 0.1) is 5.92 Å². The summed E-state index contributed by atoms with van der Waals surface area (Å²) in [4.78, 5) is 12.3. The predicted molar refractivity (Wildman–Crippen MR) is 119 cm³/mol. The highest BCUT2D eigenvalue weighted by atomic mass is 16.2. The molecule has 0 unspecified atom stereocenters. The highest BCUT2D eigenvalue weighted by molar-refractivity contribution is 5.94. The third-order valence-corrected chi connectivity index (χ3v) is 4.34. The van der Waals surface area contributed by atoms with Gasteiger partial charge in [-0.3, -0.25) is 9.89 Å². The Morgan fingerprint density at radius 1 is 1.14 bits per heavy atom. The van der Waals surface area contributed by atoms with Gasteiger partial charge in [0, 0.05) is 5.56 Å². The maximum atomic E-state index is 12.3. The van der Waals surface area contributed by atoms with Gasteiger partial charge in [-0.1, -0.05) is 74.5 Å². The van der Waals surface area contributed by atoms with E-state index in [-0.39, 0.29) is 5.91 Å². The third-order valence-electron chi connectivity index (χ3n) is 4.34. The van der Waals surface area contributed by atoms with E-state index in [4.69, 9.17) is 0 Å². The fraction of sp³-hybridized carbons (Fsp3) is 0.208. The quantitative estimate of drug-likeness (QED) is 0.438. The van der Waals surface area contributed by atoms with Crippen LogP contribution in [0.3, 0.4) is 0 Å². The number of carbonyl (C=O) groups excluding carboxylic acids is 1. The number of allylic oxidation sites excluding steroid dienone is 1. The van der Waals surface area contributed by atoms with Crippen molar-refractivity contribution in [2.45, 2.75) is 27.2 Å². The Morgan fingerprint density at radius 2 is 1.86 bits per heavy atom. The second-order valence-corrected chi connectivity index (χ2v) is 7.46. The predicted octanol–water partition coefficient (Wildman–Crippen LogP) is 5.09. The van der Waals surface area contributed by atoms with Crippen molar-refractivity contribution in [2.24, 2.45) is 11.0 Å². The van der Waals surface area contributed by atoms with Crippen LogP contribution < -0.4 is 5.43 Å². The van der Waals surface area contributed by atoms with Crippen molar-refractivity contribution in [1.82, 2.24) is 15.6 Å². The first-order chi connectivity index (χ1) is 14.0. The minimum Gasteiger partial charge on any atom is -0.272 e. The number of benzene rings is 2. The van der Waals surface area contributed by atoms with Crippen LogP contribution in [0.2, 0.25) is 0 Å². The van der Waals surface area contributed by atoms with E-state index in [0.29, 0.717) is 11.6 Å². The van der Waals surface area contributed by atoms with Gasteiger partial charge in [0.1, 0.15) is 5.69 Å². The van der Waals surface area contributed by atoms with Crippen LogP contribution in [0.1, 0.15) is 42.4 Å². The number of hydrazone groups is 1. The molecule has 148 valence electrons. The molecular formula is C24H26N4O. The number of aromatic nitrogens is 2. The fourth-order valence-corrected chi connectivity index (χ4v) is 2.97. The zero-order chi connectivity index (χ0) is 20.6. The molecule has 0 radical (unpaired) electrons. The summed E-state index contributed by atoms with van der Waals surface area (Å²) in [5.74, 6) is 0.289. The van der Waals surface area contributed by atoms with E-state index >= 15 is 0 Å². The number of H-pyrrole nitrogens is 1. The number of nitrogens with zero attached hydrogens (tertiary/aromatic N) is 2. The summed E-state index contributed by atoms with van der Waals surface area (Å²) < 4.78 is 0. The highest BCUT2D eigenvalue weighted by Gasteiger charge is 2.10. The summed E-state index contributed by atoms with van der Waals surface area (Å²) in [6.45, 7) is 6.34. The minimum absolute atomic E-state index is 0.330. The topological polar surface area (TPSA) is 70.1 Å². The lowest BCUT2D eigenvalue weighted by atomic mass is 10.0. The zero-order valence-corrected chi connectivity index (χ0v) is 17.0. The first-order valence-corrected chi connectivity index (χ1v) is 9.73. The molecule has 2 N–H and O–H groups in total. The normalized spacial score (nSPS) is 11.9. The van der Waals surface area contributed by atoms with E-state index in [0.717, 1.165) is 28.8 Å². The summed E-state index contributed by atoms with van der Waals surface area (Å²) in [7, 11) is 0. The maximum absolute atomic E-state index is 12.3. The molecular weight excluding hydrogens is 360 g/mol. The molecule has 0 aliphatic rings. The molecule has 0 bridgehead atoms. The van der Waals surface area contributed by atoms with E-state index in [1.54, 1.807) is 12.3 Å². The number of rotatable bonds is 7. The van der Waals surface area contributed by atoms with Gasteiger partial charge in [-0.25, -0.2) is 5.43 Å². The monoisotopic (exact) mass is 386 g/mol. The van der Waals surface area contributed by atoms with Crippen molar-refractivity contribution in [3.63, 3.8) is 0 Å². The highest BCUT2D eigenvalue weighted by Crippen LogP contribution is 2.19. The van der Waals surface area contributed by atoms with Gasteiger partial charge >= 0.3 is 0 Å². The Hall–Kier alpha value is -3.47. The molecule has 1 heterocycles. The third kappa shape index (κ3) is 6.01. The summed E-state index contributed by atoms with van der Waals surface area (Å²) in [6, 6.07) is 20.0. The van der Waals surface area contributed by atoms with Gasteiger partial charge in [0.05, 0.1) is 11.9 Å². The van der Waals surface area contributed by atoms with Crippen molar-refractivity contribution < 1.29 is 4.79 Å². The van der Waals surface area contributed by atoms with Crippen molar-refractivity contribution in [1.29, 1.82) is 0 Å². The van der Waals surface area contributed by atoms with E-state index in [2.05, 4.69) is 46.7 Å². The van der Waals surface area contributed by atoms with Gasteiger partial charge in [-0.15, -0.1) is 0 Å². The van der Waals surface area contributed by atoms with Crippen LogP contribution in [-0.2, 0) is 6.42 Å². The van der Waals surface area contributed by atoms with E-state index in [1.165, 1.54) is 5.56 Å². The molecule has 5 nitrogen and oxygen atoms in total. The molecule has 0 fully saturated rings. The van der Waals surface area contributed by atoms with Gasteiger partial charge in [0.2, 0.25) is 0 Å². The summed E-state index contributed by atoms with van der Waals surface area (Å²) in [5.41, 5.74) is 7.91. The van der Waals surface area contributed by atoms with Crippen LogP contribution in [-0.4, -0.2) is 22.3 Å². The average molecular weight is 386 g/mol. The van der Waals surface area contributed by atoms with E-state index in [9.17, 15) is 4.79 Å². The number of hydrogen-bond donors (Lipinski definition) is 2. The standard InChI is InChI=1S/C24H26N4O/c1-17(2)13-20-9-11-21(12-10-20)22-15-23(27-26-22)24(29)28-25-16-18(3)14-19-7-5-4-6-8-19/h4-12,14-17H,13H2,1-3H3,(H,26,27)(H,28,29)/b18-14+,25-16-. The van der Waals surface area contributed by atoms with Crippen LogP contribution in [0.15, 0.2) is 71.3 Å². The Bertz CT molecular complexity index is 999. The molecule has 5 heteroatoms. The smallest absolute Gasteiger partial charge is 0.272 e. The SMILES string of the molecule is CC(/C=N\NC(=O)c1cc(-c2ccc(CC(C)C)cc2)n[nH]1)=C\c1ccccc1. The van der Waals surface area contributed by atoms with Gasteiger partial charge in [-0.2, -0.15) is 10.2 Å². The number of aromatic amines is 1. The minimum atomic E-state index is -0.330. The molecule has 0 aliphatic carbocycles. The summed E-state index contributed by atoms with van der Waals surface area (Å²) >= 11 is 0. The lowest BCUT2D eigenvalue weighted by Crippen LogP contribution is -2.17. The number of amides is 1. The van der Waals surface area contributed by atoms with Crippen LogP contribution >= 0.6 is 0 Å². The first kappa shape index (κ1) is 20.3. The number of carbonyl (C=O) groups is 1.